The Kier molecular flexibility index (Phi) is 11.1. The molecule has 0 radical (unpaired) electrons. The minimum Gasteiger partial charge on any atom is -0.466 e. The van der Waals surface area contributed by atoms with Crippen molar-refractivity contribution in [1.29, 1.82) is 0 Å². The Labute approximate surface area is 234 Å². The Balaban J connectivity index is 1.76. The van der Waals surface area contributed by atoms with Crippen molar-refractivity contribution < 1.29 is 31.5 Å². The number of rotatable bonds is 13. The summed E-state index contributed by atoms with van der Waals surface area (Å²) >= 11 is 6.02. The van der Waals surface area contributed by atoms with Crippen LogP contribution in [0.15, 0.2) is 71.6 Å². The zero-order valence-corrected chi connectivity index (χ0v) is 23.6. The van der Waals surface area contributed by atoms with Gasteiger partial charge in [0, 0.05) is 16.6 Å². The molecule has 0 amide bonds. The van der Waals surface area contributed by atoms with Gasteiger partial charge in [0.05, 0.1) is 24.0 Å². The lowest BCUT2D eigenvalue weighted by molar-refractivity contribution is -0.149. The van der Waals surface area contributed by atoms with E-state index in [2.05, 4.69) is 5.23 Å². The van der Waals surface area contributed by atoms with Gasteiger partial charge >= 0.3 is 13.0 Å². The average Bonchev–Trinajstić information content (AvgIpc) is 2.88. The summed E-state index contributed by atoms with van der Waals surface area (Å²) in [5.74, 6) is -1.90. The lowest BCUT2D eigenvalue weighted by Crippen LogP contribution is -2.44. The molecule has 0 unspecified atom stereocenters. The molecule has 0 bridgehead atoms. The summed E-state index contributed by atoms with van der Waals surface area (Å²) in [6.07, 6.45) is 0.529. The molecule has 3 aromatic rings. The molecule has 208 valence electrons. The Morgan fingerprint density at radius 2 is 1.77 bits per heavy atom. The molecule has 39 heavy (non-hydrogen) atoms. The fraction of sp³-hybridized carbons (Fsp3) is 0.321. The maximum absolute atomic E-state index is 14.3. The van der Waals surface area contributed by atoms with Crippen molar-refractivity contribution >= 4 is 34.7 Å². The second kappa shape index (κ2) is 14.0. The zero-order valence-electron chi connectivity index (χ0n) is 22.1. The van der Waals surface area contributed by atoms with Crippen molar-refractivity contribution in [2.75, 3.05) is 13.2 Å². The maximum Gasteiger partial charge on any atom is 0.373 e. The number of esters is 1. The quantitative estimate of drug-likeness (QED) is 0.167. The first-order chi connectivity index (χ1) is 18.5. The second-order valence-corrected chi connectivity index (χ2v) is 11.4. The van der Waals surface area contributed by atoms with Crippen LogP contribution in [0.25, 0.3) is 11.1 Å². The van der Waals surface area contributed by atoms with Crippen LogP contribution in [0.4, 0.5) is 4.39 Å². The number of hydrogen-bond donors (Lipinski definition) is 2. The average molecular weight is 576 g/mol. The van der Waals surface area contributed by atoms with E-state index in [1.807, 2.05) is 19.1 Å². The SMILES string of the molecule is CCOC(=O)[C@H](COS(=O)(=O)c1ccc(C)cc1)C[C@@H](Cc1ccc(-c2cc(Cl)ccc2F)cc1)NB(C)O. The molecular formula is C28H32BClFNO6S. The van der Waals surface area contributed by atoms with Gasteiger partial charge in [-0.15, -0.1) is 0 Å². The third-order valence-corrected chi connectivity index (χ3v) is 7.61. The molecule has 0 aliphatic heterocycles. The summed E-state index contributed by atoms with van der Waals surface area (Å²) < 4.78 is 50.1. The standard InChI is InChI=1S/C28H32BClFNO6S/c1-4-37-28(33)22(18-38-39(35,36)25-12-5-19(2)6-13-25)16-24(32-29(3)34)15-20-7-9-21(10-8-20)26-17-23(30)11-14-27(26)31/h5-14,17,22,24,32,34H,4,15-16,18H2,1-3H3/t22-,24+/m0/s1. The molecule has 0 saturated heterocycles. The highest BCUT2D eigenvalue weighted by molar-refractivity contribution is 7.86. The minimum atomic E-state index is -4.09. The number of benzene rings is 3. The van der Waals surface area contributed by atoms with Crippen molar-refractivity contribution in [2.24, 2.45) is 5.92 Å². The van der Waals surface area contributed by atoms with Crippen LogP contribution in [0.5, 0.6) is 0 Å². The predicted molar refractivity (Wildman–Crippen MR) is 150 cm³/mol. The molecule has 3 rings (SSSR count). The molecule has 7 nitrogen and oxygen atoms in total. The van der Waals surface area contributed by atoms with Gasteiger partial charge in [-0.05, 0) is 75.0 Å². The summed E-state index contributed by atoms with van der Waals surface area (Å²) in [5, 5.41) is 13.5. The Morgan fingerprint density at radius 1 is 1.10 bits per heavy atom. The third kappa shape index (κ3) is 9.15. The van der Waals surface area contributed by atoms with E-state index in [1.165, 1.54) is 24.3 Å². The fourth-order valence-corrected chi connectivity index (χ4v) is 5.28. The normalized spacial score (nSPS) is 13.1. The fourth-order valence-electron chi connectivity index (χ4n) is 4.16. The number of carbonyl (C=O) groups excluding carboxylic acids is 1. The van der Waals surface area contributed by atoms with Crippen LogP contribution < -0.4 is 5.23 Å². The minimum absolute atomic E-state index is 0.00871. The first kappa shape index (κ1) is 30.8. The number of hydrogen-bond acceptors (Lipinski definition) is 7. The highest BCUT2D eigenvalue weighted by atomic mass is 35.5. The molecule has 0 aromatic heterocycles. The smallest absolute Gasteiger partial charge is 0.373 e. The van der Waals surface area contributed by atoms with Gasteiger partial charge in [0.2, 0.25) is 0 Å². The number of aryl methyl sites for hydroxylation is 1. The summed E-state index contributed by atoms with van der Waals surface area (Å²) in [4.78, 5) is 12.7. The molecule has 2 atom stereocenters. The maximum atomic E-state index is 14.3. The topological polar surface area (TPSA) is 102 Å². The lowest BCUT2D eigenvalue weighted by atomic mass is 9.83. The third-order valence-electron chi connectivity index (χ3n) is 6.08. The van der Waals surface area contributed by atoms with E-state index >= 15 is 0 Å². The van der Waals surface area contributed by atoms with Crippen molar-refractivity contribution in [3.8, 4) is 11.1 Å². The molecule has 0 heterocycles. The molecule has 0 saturated carbocycles. The van der Waals surface area contributed by atoms with Crippen molar-refractivity contribution in [3.63, 3.8) is 0 Å². The zero-order chi connectivity index (χ0) is 28.6. The van der Waals surface area contributed by atoms with E-state index < -0.39 is 47.5 Å². The van der Waals surface area contributed by atoms with E-state index in [-0.39, 0.29) is 17.9 Å². The van der Waals surface area contributed by atoms with Crippen molar-refractivity contribution in [2.45, 2.75) is 44.4 Å². The molecular weight excluding hydrogens is 544 g/mol. The number of carbonyl (C=O) groups is 1. The molecule has 0 fully saturated rings. The first-order valence-electron chi connectivity index (χ1n) is 12.6. The molecule has 11 heteroatoms. The highest BCUT2D eigenvalue weighted by Gasteiger charge is 2.29. The van der Waals surface area contributed by atoms with E-state index in [1.54, 1.807) is 44.1 Å². The highest BCUT2D eigenvalue weighted by Crippen LogP contribution is 2.27. The van der Waals surface area contributed by atoms with Crippen LogP contribution >= 0.6 is 11.6 Å². The predicted octanol–water partition coefficient (Wildman–Crippen LogP) is 5.04. The summed E-state index contributed by atoms with van der Waals surface area (Å²) in [6.45, 7) is 4.76. The van der Waals surface area contributed by atoms with Gasteiger partial charge in [-0.25, -0.2) is 4.39 Å². The van der Waals surface area contributed by atoms with E-state index in [9.17, 15) is 22.6 Å². The molecule has 0 aliphatic carbocycles. The van der Waals surface area contributed by atoms with Crippen LogP contribution in [-0.2, 0) is 30.3 Å². The number of halogens is 2. The van der Waals surface area contributed by atoms with E-state index in [0.29, 0.717) is 22.6 Å². The van der Waals surface area contributed by atoms with Gasteiger partial charge in [0.25, 0.3) is 10.1 Å². The van der Waals surface area contributed by atoms with E-state index in [0.717, 1.165) is 11.1 Å². The Hall–Kier alpha value is -2.76. The first-order valence-corrected chi connectivity index (χ1v) is 14.4. The second-order valence-electron chi connectivity index (χ2n) is 9.30. The summed E-state index contributed by atoms with van der Waals surface area (Å²) in [5.41, 5.74) is 2.78. The van der Waals surface area contributed by atoms with Gasteiger partial charge < -0.3 is 15.0 Å². The van der Waals surface area contributed by atoms with Gasteiger partial charge in [-0.2, -0.15) is 8.42 Å². The summed E-state index contributed by atoms with van der Waals surface area (Å²) in [6, 6.07) is 17.3. The number of nitrogens with one attached hydrogen (secondary N) is 1. The largest absolute Gasteiger partial charge is 0.466 e. The van der Waals surface area contributed by atoms with Crippen LogP contribution in [0.1, 0.15) is 24.5 Å². The van der Waals surface area contributed by atoms with E-state index in [4.69, 9.17) is 20.5 Å². The number of ether oxygens (including phenoxy) is 1. The molecule has 0 aliphatic rings. The van der Waals surface area contributed by atoms with Gasteiger partial charge in [0.1, 0.15) is 5.82 Å². The van der Waals surface area contributed by atoms with Crippen LogP contribution in [-0.4, -0.2) is 45.7 Å². The van der Waals surface area contributed by atoms with Crippen molar-refractivity contribution in [3.05, 3.63) is 88.7 Å². The van der Waals surface area contributed by atoms with Gasteiger partial charge in [-0.1, -0.05) is 53.6 Å². The lowest BCUT2D eigenvalue weighted by Gasteiger charge is -2.24. The Bertz CT molecular complexity index is 1350. The molecule has 3 aromatic carbocycles. The van der Waals surface area contributed by atoms with Crippen LogP contribution in [0.2, 0.25) is 11.8 Å². The Morgan fingerprint density at radius 3 is 2.38 bits per heavy atom. The molecule has 0 spiro atoms. The van der Waals surface area contributed by atoms with Gasteiger partial charge in [0.15, 0.2) is 0 Å². The van der Waals surface area contributed by atoms with Gasteiger partial charge in [-0.3, -0.25) is 8.98 Å². The van der Waals surface area contributed by atoms with Crippen LogP contribution in [0.3, 0.4) is 0 Å². The monoisotopic (exact) mass is 575 g/mol. The summed E-state index contributed by atoms with van der Waals surface area (Å²) in [7, 11) is -4.99. The van der Waals surface area contributed by atoms with Crippen LogP contribution in [0, 0.1) is 18.7 Å². The van der Waals surface area contributed by atoms with Crippen molar-refractivity contribution in [1.82, 2.24) is 5.23 Å². The molecule has 2 N–H and O–H groups in total.